The van der Waals surface area contributed by atoms with Crippen LogP contribution >= 0.6 is 11.8 Å². The quantitative estimate of drug-likeness (QED) is 0.844. The summed E-state index contributed by atoms with van der Waals surface area (Å²) in [4.78, 5) is 0. The fourth-order valence-electron chi connectivity index (χ4n) is 3.55. The predicted octanol–water partition coefficient (Wildman–Crippen LogP) is 3.05. The molecule has 2 nitrogen and oxygen atoms in total. The molecule has 2 saturated heterocycles. The zero-order valence-corrected chi connectivity index (χ0v) is 12.3. The second-order valence-electron chi connectivity index (χ2n) is 6.69. The van der Waals surface area contributed by atoms with E-state index in [1.807, 2.05) is 0 Å². The van der Waals surface area contributed by atoms with Gasteiger partial charge in [-0.15, -0.1) is 0 Å². The molecule has 3 heteroatoms. The second-order valence-corrected chi connectivity index (χ2v) is 7.80. The summed E-state index contributed by atoms with van der Waals surface area (Å²) in [6.07, 6.45) is 4.84. The highest BCUT2D eigenvalue weighted by molar-refractivity contribution is 7.99. The minimum atomic E-state index is 0.211. The molecule has 0 aliphatic carbocycles. The molecule has 2 rings (SSSR count). The smallest absolute Gasteiger partial charge is 0.0783 e. The molecule has 0 saturated carbocycles. The molecule has 2 aliphatic rings. The standard InChI is InChI=1S/C14H27NOS/c1-11(15)8-13(2,3)12-4-6-16-14(9-12)5-7-17-10-14/h11-12H,4-10,15H2,1-3H3. The molecule has 2 heterocycles. The van der Waals surface area contributed by atoms with Gasteiger partial charge in [0.25, 0.3) is 0 Å². The number of rotatable bonds is 3. The Hall–Kier alpha value is 0.270. The highest BCUT2D eigenvalue weighted by atomic mass is 32.2. The summed E-state index contributed by atoms with van der Waals surface area (Å²) in [5, 5.41) is 0. The molecule has 0 aromatic carbocycles. The maximum absolute atomic E-state index is 6.10. The molecule has 0 aromatic rings. The third-order valence-electron chi connectivity index (χ3n) is 4.51. The van der Waals surface area contributed by atoms with Crippen LogP contribution in [0.25, 0.3) is 0 Å². The first-order chi connectivity index (χ1) is 7.94. The number of ether oxygens (including phenoxy) is 1. The van der Waals surface area contributed by atoms with E-state index in [0.717, 1.165) is 18.9 Å². The summed E-state index contributed by atoms with van der Waals surface area (Å²) in [6, 6.07) is 0.307. The maximum atomic E-state index is 6.10. The van der Waals surface area contributed by atoms with Gasteiger partial charge in [0.1, 0.15) is 0 Å². The Bertz CT molecular complexity index is 259. The van der Waals surface area contributed by atoms with Gasteiger partial charge >= 0.3 is 0 Å². The van der Waals surface area contributed by atoms with Crippen LogP contribution in [-0.2, 0) is 4.74 Å². The second kappa shape index (κ2) is 5.10. The van der Waals surface area contributed by atoms with Crippen molar-refractivity contribution in [1.29, 1.82) is 0 Å². The monoisotopic (exact) mass is 257 g/mol. The van der Waals surface area contributed by atoms with E-state index in [0.29, 0.717) is 11.5 Å². The van der Waals surface area contributed by atoms with E-state index in [-0.39, 0.29) is 5.60 Å². The van der Waals surface area contributed by atoms with E-state index < -0.39 is 0 Å². The molecule has 3 unspecified atom stereocenters. The Kier molecular flexibility index (Phi) is 4.11. The molecule has 1 spiro atoms. The summed E-state index contributed by atoms with van der Waals surface area (Å²) in [5.41, 5.74) is 6.57. The Labute approximate surface area is 110 Å². The van der Waals surface area contributed by atoms with Gasteiger partial charge in [-0.3, -0.25) is 0 Å². The van der Waals surface area contributed by atoms with Crippen LogP contribution in [0.1, 0.15) is 46.5 Å². The van der Waals surface area contributed by atoms with Crippen molar-refractivity contribution in [2.45, 2.75) is 58.1 Å². The van der Waals surface area contributed by atoms with Gasteiger partial charge in [-0.1, -0.05) is 13.8 Å². The van der Waals surface area contributed by atoms with Crippen molar-refractivity contribution in [1.82, 2.24) is 0 Å². The first kappa shape index (κ1) is 13.7. The van der Waals surface area contributed by atoms with Gasteiger partial charge in [-0.05, 0) is 49.7 Å². The third kappa shape index (κ3) is 3.18. The molecule has 2 aliphatic heterocycles. The molecule has 0 aromatic heterocycles. The lowest BCUT2D eigenvalue weighted by molar-refractivity contribution is -0.101. The van der Waals surface area contributed by atoms with Crippen molar-refractivity contribution < 1.29 is 4.74 Å². The minimum Gasteiger partial charge on any atom is -0.374 e. The van der Waals surface area contributed by atoms with E-state index in [9.17, 15) is 0 Å². The molecule has 2 fully saturated rings. The van der Waals surface area contributed by atoms with Crippen molar-refractivity contribution >= 4 is 11.8 Å². The number of nitrogens with two attached hydrogens (primary N) is 1. The van der Waals surface area contributed by atoms with Crippen LogP contribution in [0.15, 0.2) is 0 Å². The number of thioether (sulfide) groups is 1. The molecule has 0 radical (unpaired) electrons. The molecule has 0 amide bonds. The van der Waals surface area contributed by atoms with Crippen LogP contribution in [0, 0.1) is 11.3 Å². The molecule has 100 valence electrons. The molecule has 2 N–H and O–H groups in total. The first-order valence-electron chi connectivity index (χ1n) is 6.91. The first-order valence-corrected chi connectivity index (χ1v) is 8.06. The van der Waals surface area contributed by atoms with E-state index in [1.54, 1.807) is 0 Å². The molecule has 3 atom stereocenters. The third-order valence-corrected chi connectivity index (χ3v) is 5.74. The van der Waals surface area contributed by atoms with Crippen molar-refractivity contribution in [3.8, 4) is 0 Å². The number of hydrogen-bond donors (Lipinski definition) is 1. The lowest BCUT2D eigenvalue weighted by Crippen LogP contribution is -2.45. The molecule has 0 bridgehead atoms. The lowest BCUT2D eigenvalue weighted by atomic mass is 9.67. The average Bonchev–Trinajstić information content (AvgIpc) is 2.64. The van der Waals surface area contributed by atoms with Gasteiger partial charge < -0.3 is 10.5 Å². The van der Waals surface area contributed by atoms with Crippen molar-refractivity contribution in [3.63, 3.8) is 0 Å². The largest absolute Gasteiger partial charge is 0.374 e. The Morgan fingerprint density at radius 3 is 2.88 bits per heavy atom. The van der Waals surface area contributed by atoms with E-state index in [2.05, 4.69) is 32.5 Å². The van der Waals surface area contributed by atoms with Gasteiger partial charge in [-0.2, -0.15) is 11.8 Å². The Morgan fingerprint density at radius 2 is 2.29 bits per heavy atom. The summed E-state index contributed by atoms with van der Waals surface area (Å²) in [7, 11) is 0. The molecular weight excluding hydrogens is 230 g/mol. The van der Waals surface area contributed by atoms with E-state index >= 15 is 0 Å². The zero-order chi connectivity index (χ0) is 12.5. The van der Waals surface area contributed by atoms with Gasteiger partial charge in [0.15, 0.2) is 0 Å². The van der Waals surface area contributed by atoms with Gasteiger partial charge in [0.05, 0.1) is 5.60 Å². The average molecular weight is 257 g/mol. The molecule has 17 heavy (non-hydrogen) atoms. The Morgan fingerprint density at radius 1 is 1.53 bits per heavy atom. The van der Waals surface area contributed by atoms with Crippen molar-refractivity contribution in [3.05, 3.63) is 0 Å². The van der Waals surface area contributed by atoms with Gasteiger partial charge in [-0.25, -0.2) is 0 Å². The van der Waals surface area contributed by atoms with Crippen LogP contribution in [0.2, 0.25) is 0 Å². The van der Waals surface area contributed by atoms with E-state index in [4.69, 9.17) is 10.5 Å². The molecular formula is C14H27NOS. The predicted molar refractivity (Wildman–Crippen MR) is 75.4 cm³/mol. The summed E-state index contributed by atoms with van der Waals surface area (Å²) < 4.78 is 6.10. The normalized spacial score (nSPS) is 36.4. The van der Waals surface area contributed by atoms with Crippen LogP contribution < -0.4 is 5.73 Å². The summed E-state index contributed by atoms with van der Waals surface area (Å²) in [5.74, 6) is 3.26. The van der Waals surface area contributed by atoms with Crippen molar-refractivity contribution in [2.24, 2.45) is 17.1 Å². The minimum absolute atomic E-state index is 0.211. The topological polar surface area (TPSA) is 35.2 Å². The SMILES string of the molecule is CC(N)CC(C)(C)C1CCOC2(CCSC2)C1. The van der Waals surface area contributed by atoms with Crippen LogP contribution in [-0.4, -0.2) is 29.8 Å². The van der Waals surface area contributed by atoms with Crippen molar-refractivity contribution in [2.75, 3.05) is 18.1 Å². The van der Waals surface area contributed by atoms with Gasteiger partial charge in [0, 0.05) is 18.4 Å². The van der Waals surface area contributed by atoms with Crippen LogP contribution in [0.4, 0.5) is 0 Å². The van der Waals surface area contributed by atoms with Crippen LogP contribution in [0.3, 0.4) is 0 Å². The summed E-state index contributed by atoms with van der Waals surface area (Å²) >= 11 is 2.06. The highest BCUT2D eigenvalue weighted by Gasteiger charge is 2.44. The number of hydrogen-bond acceptors (Lipinski definition) is 3. The van der Waals surface area contributed by atoms with Gasteiger partial charge in [0.2, 0.25) is 0 Å². The fraction of sp³-hybridized carbons (Fsp3) is 1.00. The van der Waals surface area contributed by atoms with Crippen LogP contribution in [0.5, 0.6) is 0 Å². The summed E-state index contributed by atoms with van der Waals surface area (Å²) in [6.45, 7) is 7.86. The fourth-order valence-corrected chi connectivity index (χ4v) is 4.93. The maximum Gasteiger partial charge on any atom is 0.0783 e. The lowest BCUT2D eigenvalue weighted by Gasteiger charge is -2.45. The highest BCUT2D eigenvalue weighted by Crippen LogP contribution is 2.47. The van der Waals surface area contributed by atoms with E-state index in [1.165, 1.54) is 30.8 Å². The Balaban J connectivity index is 2.01. The zero-order valence-electron chi connectivity index (χ0n) is 11.5.